The highest BCUT2D eigenvalue weighted by Crippen LogP contribution is 2.63. The van der Waals surface area contributed by atoms with E-state index in [1.807, 2.05) is 54.6 Å². The standard InChI is InChI=1S/C47H29N5/c1-3-13-30(14-4-1)44-49-45(31-15-5-2-6-16-31)51-46(50-44)33-23-25-37-36-24-22-32(42-29-52-26-12-11-21-43(52)48-42)27-40(36)47(41(37)28-33)38-19-9-7-17-34(38)35-18-8-10-20-39(35)47/h1-29H. The molecule has 2 aliphatic carbocycles. The van der Waals surface area contributed by atoms with Crippen molar-refractivity contribution in [2.45, 2.75) is 5.41 Å². The minimum Gasteiger partial charge on any atom is -0.306 e. The number of aromatic nitrogens is 5. The predicted octanol–water partition coefficient (Wildman–Crippen LogP) is 10.5. The van der Waals surface area contributed by atoms with Gasteiger partial charge in [0.15, 0.2) is 17.5 Å². The summed E-state index contributed by atoms with van der Waals surface area (Å²) in [6, 6.07) is 57.9. The number of benzene rings is 6. The van der Waals surface area contributed by atoms with Gasteiger partial charge in [0.1, 0.15) is 5.65 Å². The van der Waals surface area contributed by atoms with Gasteiger partial charge in [-0.25, -0.2) is 19.9 Å². The van der Waals surface area contributed by atoms with Crippen molar-refractivity contribution in [2.75, 3.05) is 0 Å². The number of hydrogen-bond acceptors (Lipinski definition) is 4. The molecule has 9 aromatic rings. The summed E-state index contributed by atoms with van der Waals surface area (Å²) in [6.07, 6.45) is 4.17. The predicted molar refractivity (Wildman–Crippen MR) is 207 cm³/mol. The number of imidazole rings is 1. The van der Waals surface area contributed by atoms with Gasteiger partial charge in [-0.2, -0.15) is 0 Å². The molecule has 5 nitrogen and oxygen atoms in total. The Morgan fingerprint density at radius 1 is 0.365 bits per heavy atom. The second-order valence-electron chi connectivity index (χ2n) is 13.5. The molecule has 0 saturated carbocycles. The van der Waals surface area contributed by atoms with Gasteiger partial charge in [-0.05, 0) is 68.8 Å². The lowest BCUT2D eigenvalue weighted by atomic mass is 9.70. The third-order valence-corrected chi connectivity index (χ3v) is 10.7. The fourth-order valence-electron chi connectivity index (χ4n) is 8.45. The van der Waals surface area contributed by atoms with Crippen LogP contribution in [-0.4, -0.2) is 24.3 Å². The Hall–Kier alpha value is -6.98. The van der Waals surface area contributed by atoms with Crippen molar-refractivity contribution in [3.05, 3.63) is 198 Å². The molecule has 0 bridgehead atoms. The van der Waals surface area contributed by atoms with E-state index in [9.17, 15) is 0 Å². The zero-order chi connectivity index (χ0) is 34.2. The Kier molecular flexibility index (Phi) is 6.10. The molecule has 0 unspecified atom stereocenters. The largest absolute Gasteiger partial charge is 0.306 e. The molecule has 52 heavy (non-hydrogen) atoms. The lowest BCUT2D eigenvalue weighted by Gasteiger charge is -2.31. The van der Waals surface area contributed by atoms with Crippen LogP contribution in [0.5, 0.6) is 0 Å². The molecule has 3 aromatic heterocycles. The summed E-state index contributed by atoms with van der Waals surface area (Å²) in [5.41, 5.74) is 15.3. The second-order valence-corrected chi connectivity index (χ2v) is 13.5. The lowest BCUT2D eigenvalue weighted by molar-refractivity contribution is 0.794. The fraction of sp³-hybridized carbons (Fsp3) is 0.0213. The first kappa shape index (κ1) is 28.8. The van der Waals surface area contributed by atoms with Gasteiger partial charge in [0, 0.05) is 34.6 Å². The fourth-order valence-corrected chi connectivity index (χ4v) is 8.45. The third-order valence-electron chi connectivity index (χ3n) is 10.7. The van der Waals surface area contributed by atoms with E-state index >= 15 is 0 Å². The molecule has 2 aliphatic rings. The van der Waals surface area contributed by atoms with Crippen LogP contribution in [-0.2, 0) is 5.41 Å². The molecule has 3 heterocycles. The van der Waals surface area contributed by atoms with Gasteiger partial charge in [-0.1, -0.05) is 140 Å². The Morgan fingerprint density at radius 2 is 0.846 bits per heavy atom. The molecule has 6 aromatic carbocycles. The highest BCUT2D eigenvalue weighted by atomic mass is 15.0. The summed E-state index contributed by atoms with van der Waals surface area (Å²) in [5, 5.41) is 0. The molecule has 0 radical (unpaired) electrons. The van der Waals surface area contributed by atoms with Gasteiger partial charge in [-0.3, -0.25) is 0 Å². The number of rotatable bonds is 4. The second kappa shape index (κ2) is 11.0. The van der Waals surface area contributed by atoms with Crippen LogP contribution in [0.1, 0.15) is 22.3 Å². The monoisotopic (exact) mass is 663 g/mol. The molecule has 11 rings (SSSR count). The Labute approximate surface area is 300 Å². The van der Waals surface area contributed by atoms with Crippen molar-refractivity contribution < 1.29 is 0 Å². The average molecular weight is 664 g/mol. The van der Waals surface area contributed by atoms with Gasteiger partial charge >= 0.3 is 0 Å². The van der Waals surface area contributed by atoms with Crippen molar-refractivity contribution in [2.24, 2.45) is 0 Å². The van der Waals surface area contributed by atoms with E-state index < -0.39 is 5.41 Å². The van der Waals surface area contributed by atoms with E-state index in [4.69, 9.17) is 19.9 Å². The van der Waals surface area contributed by atoms with Crippen molar-refractivity contribution in [3.8, 4) is 67.7 Å². The molecule has 1 spiro atoms. The smallest absolute Gasteiger partial charge is 0.164 e. The third kappa shape index (κ3) is 4.11. The molecule has 0 atom stereocenters. The average Bonchev–Trinajstić information content (AvgIpc) is 3.88. The molecule has 242 valence electrons. The van der Waals surface area contributed by atoms with Crippen LogP contribution < -0.4 is 0 Å². The first-order valence-electron chi connectivity index (χ1n) is 17.6. The van der Waals surface area contributed by atoms with E-state index in [2.05, 4.69) is 126 Å². The summed E-state index contributed by atoms with van der Waals surface area (Å²) >= 11 is 0. The first-order valence-corrected chi connectivity index (χ1v) is 17.6. The Morgan fingerprint density at radius 3 is 1.44 bits per heavy atom. The molecular formula is C47H29N5. The van der Waals surface area contributed by atoms with Gasteiger partial charge < -0.3 is 4.40 Å². The maximum atomic E-state index is 5.12. The topological polar surface area (TPSA) is 56.0 Å². The van der Waals surface area contributed by atoms with Crippen molar-refractivity contribution in [1.29, 1.82) is 0 Å². The van der Waals surface area contributed by atoms with Crippen LogP contribution in [0.2, 0.25) is 0 Å². The van der Waals surface area contributed by atoms with E-state index in [-0.39, 0.29) is 0 Å². The van der Waals surface area contributed by atoms with E-state index in [0.29, 0.717) is 17.5 Å². The molecule has 0 amide bonds. The Balaban J connectivity index is 1.17. The van der Waals surface area contributed by atoms with Crippen LogP contribution in [0.4, 0.5) is 0 Å². The van der Waals surface area contributed by atoms with E-state index in [1.165, 1.54) is 44.5 Å². The maximum Gasteiger partial charge on any atom is 0.164 e. The SMILES string of the molecule is c1ccc(-c2nc(-c3ccccc3)nc(-c3ccc4c(c3)C3(c5ccccc5-c5ccccc53)c3cc(-c5cn6ccccc6n5)ccc3-4)n2)cc1. The van der Waals surface area contributed by atoms with Crippen LogP contribution >= 0.6 is 0 Å². The first-order chi connectivity index (χ1) is 25.8. The van der Waals surface area contributed by atoms with Crippen LogP contribution in [0.3, 0.4) is 0 Å². The summed E-state index contributed by atoms with van der Waals surface area (Å²) in [5.74, 6) is 1.94. The molecule has 0 aliphatic heterocycles. The van der Waals surface area contributed by atoms with Crippen molar-refractivity contribution >= 4 is 5.65 Å². The minimum atomic E-state index is -0.541. The normalized spacial score (nSPS) is 13.2. The van der Waals surface area contributed by atoms with Gasteiger partial charge in [0.2, 0.25) is 0 Å². The maximum absolute atomic E-state index is 5.12. The summed E-state index contributed by atoms with van der Waals surface area (Å²) in [4.78, 5) is 20.2. The zero-order valence-corrected chi connectivity index (χ0v) is 28.0. The summed E-state index contributed by atoms with van der Waals surface area (Å²) in [7, 11) is 0. The number of nitrogens with zero attached hydrogens (tertiary/aromatic N) is 5. The number of pyridine rings is 1. The quantitative estimate of drug-likeness (QED) is 0.188. The highest BCUT2D eigenvalue weighted by molar-refractivity contribution is 5.96. The number of hydrogen-bond donors (Lipinski definition) is 0. The van der Waals surface area contributed by atoms with Crippen LogP contribution in [0.15, 0.2) is 176 Å². The van der Waals surface area contributed by atoms with Gasteiger partial charge in [0.25, 0.3) is 0 Å². The summed E-state index contributed by atoms with van der Waals surface area (Å²) in [6.45, 7) is 0. The zero-order valence-electron chi connectivity index (χ0n) is 28.0. The van der Waals surface area contributed by atoms with Crippen LogP contribution in [0.25, 0.3) is 73.3 Å². The number of fused-ring (bicyclic) bond motifs is 11. The van der Waals surface area contributed by atoms with Crippen LogP contribution in [0, 0.1) is 0 Å². The van der Waals surface area contributed by atoms with E-state index in [0.717, 1.165) is 33.6 Å². The van der Waals surface area contributed by atoms with Gasteiger partial charge in [0.05, 0.1) is 11.1 Å². The summed E-state index contributed by atoms with van der Waals surface area (Å²) < 4.78 is 2.08. The molecular weight excluding hydrogens is 635 g/mol. The Bertz CT molecular complexity index is 2720. The molecule has 0 N–H and O–H groups in total. The molecule has 5 heteroatoms. The van der Waals surface area contributed by atoms with Crippen molar-refractivity contribution in [3.63, 3.8) is 0 Å². The van der Waals surface area contributed by atoms with Gasteiger partial charge in [-0.15, -0.1) is 0 Å². The van der Waals surface area contributed by atoms with Crippen molar-refractivity contribution in [1.82, 2.24) is 24.3 Å². The molecule has 0 saturated heterocycles. The minimum absolute atomic E-state index is 0.541. The highest BCUT2D eigenvalue weighted by Gasteiger charge is 2.51. The van der Waals surface area contributed by atoms with E-state index in [1.54, 1.807) is 0 Å². The lowest BCUT2D eigenvalue weighted by Crippen LogP contribution is -2.26. The molecule has 0 fully saturated rings.